The van der Waals surface area contributed by atoms with Crippen LogP contribution in [-0.2, 0) is 21.4 Å². The molecule has 8 nitrogen and oxygen atoms in total. The predicted octanol–water partition coefficient (Wildman–Crippen LogP) is 3.90. The van der Waals surface area contributed by atoms with E-state index < -0.39 is 10.0 Å². The molecule has 0 radical (unpaired) electrons. The number of nitrogens with one attached hydrogen (secondary N) is 1. The summed E-state index contributed by atoms with van der Waals surface area (Å²) in [5.74, 6) is -0.346. The quantitative estimate of drug-likeness (QED) is 0.369. The lowest BCUT2D eigenvalue weighted by Gasteiger charge is -2.32. The van der Waals surface area contributed by atoms with Crippen molar-refractivity contribution in [1.29, 1.82) is 0 Å². The lowest BCUT2D eigenvalue weighted by molar-refractivity contribution is -0.122. The van der Waals surface area contributed by atoms with Gasteiger partial charge in [0.05, 0.1) is 21.8 Å². The van der Waals surface area contributed by atoms with E-state index in [2.05, 4.69) is 14.6 Å². The van der Waals surface area contributed by atoms with Crippen LogP contribution in [0.25, 0.3) is 22.3 Å². The normalized spacial score (nSPS) is 14.3. The van der Waals surface area contributed by atoms with Crippen LogP contribution in [0.15, 0.2) is 83.9 Å². The van der Waals surface area contributed by atoms with E-state index in [9.17, 15) is 13.2 Å². The molecular weight excluding hydrogens is 510 g/mol. The fourth-order valence-electron chi connectivity index (χ4n) is 4.51. The van der Waals surface area contributed by atoms with E-state index in [0.29, 0.717) is 37.2 Å². The van der Waals surface area contributed by atoms with E-state index in [1.807, 2.05) is 54.6 Å². The maximum atomic E-state index is 13.0. The van der Waals surface area contributed by atoms with Crippen LogP contribution in [-0.4, -0.2) is 37.4 Å². The van der Waals surface area contributed by atoms with Gasteiger partial charge in [-0.3, -0.25) is 9.78 Å². The van der Waals surface area contributed by atoms with E-state index >= 15 is 0 Å². The second kappa shape index (κ2) is 11.2. The van der Waals surface area contributed by atoms with Gasteiger partial charge in [0, 0.05) is 37.3 Å². The summed E-state index contributed by atoms with van der Waals surface area (Å²) in [6.45, 7) is 1.63. The first kappa shape index (κ1) is 26.5. The van der Waals surface area contributed by atoms with Crippen molar-refractivity contribution in [3.05, 3.63) is 84.6 Å². The molecule has 10 heteroatoms. The highest BCUT2D eigenvalue weighted by molar-refractivity contribution is 7.89. The minimum Gasteiger partial charge on any atom is -0.370 e. The number of nitrogens with two attached hydrogens (primary N) is 1. The highest BCUT2D eigenvalue weighted by atomic mass is 35.5. The van der Waals surface area contributed by atoms with Crippen LogP contribution in [0.2, 0.25) is 0 Å². The number of carbonyl (C=O) groups excluding carboxylic acids is 1. The molecule has 3 heterocycles. The molecule has 0 saturated carbocycles. The summed E-state index contributed by atoms with van der Waals surface area (Å²) in [7, 11) is -3.71. The number of aromatic nitrogens is 2. The molecule has 3 N–H and O–H groups in total. The minimum absolute atomic E-state index is 0. The van der Waals surface area contributed by atoms with Crippen molar-refractivity contribution in [2.75, 3.05) is 18.0 Å². The van der Waals surface area contributed by atoms with Crippen molar-refractivity contribution in [2.45, 2.75) is 24.3 Å². The minimum atomic E-state index is -3.71. The van der Waals surface area contributed by atoms with Gasteiger partial charge < -0.3 is 10.6 Å². The first-order valence-electron chi connectivity index (χ1n) is 11.8. The number of primary amides is 1. The third-order valence-corrected chi connectivity index (χ3v) is 7.95. The molecule has 192 valence electrons. The van der Waals surface area contributed by atoms with E-state index in [0.717, 1.165) is 22.3 Å². The maximum absolute atomic E-state index is 13.0. The van der Waals surface area contributed by atoms with Crippen molar-refractivity contribution < 1.29 is 13.2 Å². The molecule has 0 atom stereocenters. The van der Waals surface area contributed by atoms with Crippen molar-refractivity contribution in [3.8, 4) is 11.3 Å². The molecule has 1 aliphatic rings. The van der Waals surface area contributed by atoms with Gasteiger partial charge in [-0.2, -0.15) is 0 Å². The van der Waals surface area contributed by atoms with Crippen LogP contribution >= 0.6 is 12.4 Å². The lowest BCUT2D eigenvalue weighted by Crippen LogP contribution is -2.38. The Hall–Kier alpha value is -3.53. The Morgan fingerprint density at radius 1 is 1.00 bits per heavy atom. The van der Waals surface area contributed by atoms with Gasteiger partial charge in [-0.1, -0.05) is 42.5 Å². The summed E-state index contributed by atoms with van der Waals surface area (Å²) in [4.78, 5) is 23.3. The van der Waals surface area contributed by atoms with Crippen LogP contribution in [0.4, 0.5) is 5.69 Å². The molecule has 0 aliphatic carbocycles. The number of nitrogens with zero attached hydrogens (tertiary/aromatic N) is 3. The van der Waals surface area contributed by atoms with Crippen LogP contribution in [0.3, 0.4) is 0 Å². The number of hydrogen-bond acceptors (Lipinski definition) is 6. The first-order valence-corrected chi connectivity index (χ1v) is 13.3. The second-order valence-corrected chi connectivity index (χ2v) is 10.7. The summed E-state index contributed by atoms with van der Waals surface area (Å²) in [6.07, 6.45) is 3.16. The molecule has 1 saturated heterocycles. The third kappa shape index (κ3) is 5.90. The van der Waals surface area contributed by atoms with Gasteiger partial charge in [-0.25, -0.2) is 18.1 Å². The number of rotatable bonds is 7. The zero-order valence-electron chi connectivity index (χ0n) is 20.1. The Bertz CT molecular complexity index is 1510. The molecule has 4 aromatic rings. The number of amides is 1. The topological polar surface area (TPSA) is 118 Å². The molecular formula is C27H28ClN5O3S. The Morgan fingerprint density at radius 3 is 2.49 bits per heavy atom. The number of pyridine rings is 2. The van der Waals surface area contributed by atoms with Crippen molar-refractivity contribution in [1.82, 2.24) is 14.7 Å². The van der Waals surface area contributed by atoms with Gasteiger partial charge in [-0.15, -0.1) is 12.4 Å². The van der Waals surface area contributed by atoms with Crippen LogP contribution in [0, 0.1) is 5.92 Å². The average Bonchev–Trinajstić information content (AvgIpc) is 2.92. The summed E-state index contributed by atoms with van der Waals surface area (Å²) in [6, 6.07) is 21.8. The molecule has 1 fully saturated rings. The average molecular weight is 538 g/mol. The van der Waals surface area contributed by atoms with Gasteiger partial charge in [-0.05, 0) is 48.7 Å². The fraction of sp³-hybridized carbons (Fsp3) is 0.222. The number of piperidine rings is 1. The van der Waals surface area contributed by atoms with Crippen molar-refractivity contribution in [3.63, 3.8) is 0 Å². The number of sulfonamides is 1. The molecule has 0 unspecified atom stereocenters. The molecule has 2 aromatic heterocycles. The molecule has 0 bridgehead atoms. The van der Waals surface area contributed by atoms with E-state index in [1.54, 1.807) is 24.4 Å². The first-order chi connectivity index (χ1) is 17.4. The second-order valence-electron chi connectivity index (χ2n) is 8.90. The molecule has 1 amide bonds. The standard InChI is InChI=1S/C27H27N5O3S.ClH/c28-27(33)20-12-15-32(16-13-20)25-11-14-29-24-10-9-23(31-26(24)25)21-7-4-8-22(17-21)36(34,35)30-18-19-5-2-1-3-6-19;/h1-11,14,17,20,30H,12-13,15-16,18H2,(H2,28,33);1H. The molecule has 5 rings (SSSR count). The van der Waals surface area contributed by atoms with Gasteiger partial charge in [0.1, 0.15) is 5.52 Å². The Kier molecular flexibility index (Phi) is 8.06. The number of benzene rings is 2. The number of fused-ring (bicyclic) bond motifs is 1. The SMILES string of the molecule is Cl.NC(=O)C1CCN(c2ccnc3ccc(-c4cccc(S(=O)(=O)NCc5ccccc5)c4)nc23)CC1. The predicted molar refractivity (Wildman–Crippen MR) is 147 cm³/mol. The summed E-state index contributed by atoms with van der Waals surface area (Å²) in [5.41, 5.74) is 10.2. The van der Waals surface area contributed by atoms with Crippen LogP contribution in [0.5, 0.6) is 0 Å². The summed E-state index contributed by atoms with van der Waals surface area (Å²) < 4.78 is 28.6. The van der Waals surface area contributed by atoms with Gasteiger partial charge in [0.25, 0.3) is 0 Å². The zero-order valence-corrected chi connectivity index (χ0v) is 21.7. The monoisotopic (exact) mass is 537 g/mol. The van der Waals surface area contributed by atoms with Gasteiger partial charge in [0.15, 0.2) is 0 Å². The van der Waals surface area contributed by atoms with Crippen molar-refractivity contribution >= 4 is 45.1 Å². The van der Waals surface area contributed by atoms with Crippen molar-refractivity contribution in [2.24, 2.45) is 11.7 Å². The smallest absolute Gasteiger partial charge is 0.240 e. The number of halogens is 1. The third-order valence-electron chi connectivity index (χ3n) is 6.55. The zero-order chi connectivity index (χ0) is 25.1. The molecule has 1 aliphatic heterocycles. The van der Waals surface area contributed by atoms with E-state index in [4.69, 9.17) is 10.7 Å². The highest BCUT2D eigenvalue weighted by Gasteiger charge is 2.24. The largest absolute Gasteiger partial charge is 0.370 e. The van der Waals surface area contributed by atoms with E-state index in [1.165, 1.54) is 0 Å². The highest BCUT2D eigenvalue weighted by Crippen LogP contribution is 2.30. The Morgan fingerprint density at radius 2 is 1.76 bits per heavy atom. The van der Waals surface area contributed by atoms with Crippen LogP contribution < -0.4 is 15.4 Å². The van der Waals surface area contributed by atoms with E-state index in [-0.39, 0.29) is 35.7 Å². The Balaban J connectivity index is 0.00000320. The lowest BCUT2D eigenvalue weighted by atomic mass is 9.96. The summed E-state index contributed by atoms with van der Waals surface area (Å²) in [5, 5.41) is 0. The van der Waals surface area contributed by atoms with Gasteiger partial charge >= 0.3 is 0 Å². The molecule has 0 spiro atoms. The number of carbonyl (C=O) groups is 1. The Labute approximate surface area is 222 Å². The molecule has 2 aromatic carbocycles. The van der Waals surface area contributed by atoms with Gasteiger partial charge in [0.2, 0.25) is 15.9 Å². The molecule has 37 heavy (non-hydrogen) atoms. The number of hydrogen-bond donors (Lipinski definition) is 2. The fourth-order valence-corrected chi connectivity index (χ4v) is 5.58. The summed E-state index contributed by atoms with van der Waals surface area (Å²) >= 11 is 0. The van der Waals surface area contributed by atoms with Crippen LogP contribution in [0.1, 0.15) is 18.4 Å². The maximum Gasteiger partial charge on any atom is 0.240 e. The number of anilines is 1.